The molecule has 4 rings (SSSR count). The number of aromatic hydroxyl groups is 1. The highest BCUT2D eigenvalue weighted by Crippen LogP contribution is 2.33. The zero-order valence-corrected chi connectivity index (χ0v) is 19.8. The Morgan fingerprint density at radius 2 is 1.91 bits per heavy atom. The highest BCUT2D eigenvalue weighted by molar-refractivity contribution is 7.89. The van der Waals surface area contributed by atoms with E-state index in [-0.39, 0.29) is 41.4 Å². The molecule has 3 heterocycles. The fourth-order valence-electron chi connectivity index (χ4n) is 3.50. The molecule has 1 saturated heterocycles. The zero-order valence-electron chi connectivity index (χ0n) is 18.1. The average Bonchev–Trinajstić information content (AvgIpc) is 3.38. The SMILES string of the molecule is CC[C@@H](NC1=NS(=O)N=C1Nc1cccc(S(=O)(=O)N2CCOCC2)c1O)c1ccc(C)o1. The molecule has 1 fully saturated rings. The quantitative estimate of drug-likeness (QED) is 0.515. The van der Waals surface area contributed by atoms with E-state index in [1.54, 1.807) is 0 Å². The number of hydrogen-bond acceptors (Lipinski definition) is 8. The number of anilines is 1. The Kier molecular flexibility index (Phi) is 6.83. The Morgan fingerprint density at radius 1 is 1.18 bits per heavy atom. The van der Waals surface area contributed by atoms with Crippen LogP contribution in [0, 0.1) is 6.92 Å². The van der Waals surface area contributed by atoms with Crippen LogP contribution in [-0.4, -0.2) is 60.0 Å². The van der Waals surface area contributed by atoms with Crippen LogP contribution >= 0.6 is 0 Å². The number of morpholine rings is 1. The standard InChI is InChI=1S/C20H25N5O6S2/c1-3-14(16-8-7-13(2)31-16)21-19-20(24-32(27)23-19)22-15-5-4-6-17(18(15)26)33(28,29)25-9-11-30-12-10-25/h4-8,14,26H,3,9-12H2,1-2H3,(H,21,23)(H,22,24)/t14-,32?/m1/s1. The summed E-state index contributed by atoms with van der Waals surface area (Å²) in [7, 11) is -3.92. The molecule has 2 aliphatic rings. The van der Waals surface area contributed by atoms with E-state index in [0.29, 0.717) is 25.4 Å². The molecule has 2 aliphatic heterocycles. The number of rotatable bonds is 6. The van der Waals surface area contributed by atoms with Gasteiger partial charge in [0.25, 0.3) is 11.2 Å². The average molecular weight is 496 g/mol. The van der Waals surface area contributed by atoms with Gasteiger partial charge in [-0.1, -0.05) is 13.0 Å². The van der Waals surface area contributed by atoms with Gasteiger partial charge in [0.2, 0.25) is 10.0 Å². The lowest BCUT2D eigenvalue weighted by atomic mass is 10.1. The molecule has 11 nitrogen and oxygen atoms in total. The van der Waals surface area contributed by atoms with Gasteiger partial charge in [-0.3, -0.25) is 0 Å². The van der Waals surface area contributed by atoms with E-state index >= 15 is 0 Å². The Bertz CT molecular complexity index is 1220. The van der Waals surface area contributed by atoms with Crippen LogP contribution in [-0.2, 0) is 25.9 Å². The van der Waals surface area contributed by atoms with Gasteiger partial charge in [0.05, 0.1) is 24.9 Å². The number of ether oxygens (including phenoxy) is 1. The van der Waals surface area contributed by atoms with Crippen molar-refractivity contribution in [1.82, 2.24) is 9.62 Å². The first-order valence-electron chi connectivity index (χ1n) is 10.4. The molecular weight excluding hydrogens is 470 g/mol. The topological polar surface area (TPSA) is 146 Å². The van der Waals surface area contributed by atoms with E-state index in [1.165, 1.54) is 22.5 Å². The maximum atomic E-state index is 13.0. The number of nitrogens with one attached hydrogen (secondary N) is 2. The Morgan fingerprint density at radius 3 is 2.58 bits per heavy atom. The molecule has 2 aromatic rings. The Labute approximate surface area is 194 Å². The normalized spacial score (nSPS) is 20.2. The lowest BCUT2D eigenvalue weighted by Crippen LogP contribution is -2.40. The molecule has 0 spiro atoms. The molecule has 33 heavy (non-hydrogen) atoms. The van der Waals surface area contributed by atoms with Crippen LogP contribution < -0.4 is 10.6 Å². The van der Waals surface area contributed by atoms with Crippen LogP contribution in [0.15, 0.2) is 48.4 Å². The van der Waals surface area contributed by atoms with Crippen LogP contribution in [0.25, 0.3) is 0 Å². The summed E-state index contributed by atoms with van der Waals surface area (Å²) in [5.41, 5.74) is 0.0957. The third-order valence-electron chi connectivity index (χ3n) is 5.23. The number of furan rings is 1. The lowest BCUT2D eigenvalue weighted by molar-refractivity contribution is 0.0729. The van der Waals surface area contributed by atoms with Crippen molar-refractivity contribution in [2.24, 2.45) is 8.80 Å². The van der Waals surface area contributed by atoms with Crippen molar-refractivity contribution in [2.75, 3.05) is 31.6 Å². The minimum absolute atomic E-state index is 0.0957. The highest BCUT2D eigenvalue weighted by atomic mass is 32.2. The van der Waals surface area contributed by atoms with Crippen molar-refractivity contribution in [3.63, 3.8) is 0 Å². The number of nitrogens with zero attached hydrogens (tertiary/aromatic N) is 3. The molecule has 1 aromatic carbocycles. The number of para-hydroxylation sites is 1. The van der Waals surface area contributed by atoms with Crippen molar-refractivity contribution in [3.8, 4) is 5.75 Å². The largest absolute Gasteiger partial charge is 0.504 e. The number of benzene rings is 1. The summed E-state index contributed by atoms with van der Waals surface area (Å²) >= 11 is -1.86. The Balaban J connectivity index is 1.57. The van der Waals surface area contributed by atoms with Crippen LogP contribution in [0.5, 0.6) is 5.75 Å². The van der Waals surface area contributed by atoms with Gasteiger partial charge in [0.1, 0.15) is 16.4 Å². The molecule has 1 unspecified atom stereocenters. The number of amidine groups is 2. The second kappa shape index (κ2) is 9.63. The van der Waals surface area contributed by atoms with Gasteiger partial charge in [0.15, 0.2) is 17.4 Å². The van der Waals surface area contributed by atoms with Crippen LogP contribution in [0.1, 0.15) is 30.9 Å². The fraction of sp³-hybridized carbons (Fsp3) is 0.400. The third kappa shape index (κ3) is 4.95. The van der Waals surface area contributed by atoms with E-state index in [4.69, 9.17) is 9.15 Å². The molecule has 0 aliphatic carbocycles. The summed E-state index contributed by atoms with van der Waals surface area (Å²) in [5, 5.41) is 16.8. The molecule has 0 radical (unpaired) electrons. The van der Waals surface area contributed by atoms with Crippen LogP contribution in [0.2, 0.25) is 0 Å². The predicted molar refractivity (Wildman–Crippen MR) is 124 cm³/mol. The van der Waals surface area contributed by atoms with Crippen molar-refractivity contribution >= 4 is 38.6 Å². The predicted octanol–water partition coefficient (Wildman–Crippen LogP) is 1.86. The minimum Gasteiger partial charge on any atom is -0.504 e. The molecule has 2 atom stereocenters. The van der Waals surface area contributed by atoms with E-state index in [1.807, 2.05) is 26.0 Å². The molecular formula is C20H25N5O6S2. The van der Waals surface area contributed by atoms with Crippen molar-refractivity contribution < 1.29 is 26.9 Å². The molecule has 0 amide bonds. The van der Waals surface area contributed by atoms with Crippen molar-refractivity contribution in [1.29, 1.82) is 0 Å². The van der Waals surface area contributed by atoms with Gasteiger partial charge in [-0.2, -0.15) is 4.31 Å². The van der Waals surface area contributed by atoms with E-state index in [9.17, 15) is 17.7 Å². The first-order chi connectivity index (χ1) is 15.8. The monoisotopic (exact) mass is 495 g/mol. The number of hydrogen-bond donors (Lipinski definition) is 3. The summed E-state index contributed by atoms with van der Waals surface area (Å²) in [6, 6.07) is 7.79. The van der Waals surface area contributed by atoms with Gasteiger partial charge in [-0.15, -0.1) is 8.80 Å². The lowest BCUT2D eigenvalue weighted by Gasteiger charge is -2.26. The smallest absolute Gasteiger partial charge is 0.269 e. The molecule has 13 heteroatoms. The molecule has 0 saturated carbocycles. The number of phenolic OH excluding ortho intramolecular Hbond substituents is 1. The molecule has 3 N–H and O–H groups in total. The summed E-state index contributed by atoms with van der Waals surface area (Å²) in [6.45, 7) is 4.79. The number of sulfonamides is 1. The minimum atomic E-state index is -3.92. The molecule has 178 valence electrons. The van der Waals surface area contributed by atoms with Crippen LogP contribution in [0.3, 0.4) is 0 Å². The summed E-state index contributed by atoms with van der Waals surface area (Å²) in [6.07, 6.45) is 0.657. The van der Waals surface area contributed by atoms with Gasteiger partial charge in [-0.25, -0.2) is 12.6 Å². The second-order valence-electron chi connectivity index (χ2n) is 7.46. The van der Waals surface area contributed by atoms with Gasteiger partial charge >= 0.3 is 0 Å². The maximum Gasteiger partial charge on any atom is 0.269 e. The van der Waals surface area contributed by atoms with E-state index in [0.717, 1.165) is 5.76 Å². The summed E-state index contributed by atoms with van der Waals surface area (Å²) < 4.78 is 58.2. The first kappa shape index (κ1) is 23.4. The second-order valence-corrected chi connectivity index (χ2v) is 10.2. The summed E-state index contributed by atoms with van der Waals surface area (Å²) in [4.78, 5) is -0.238. The summed E-state index contributed by atoms with van der Waals surface area (Å²) in [5.74, 6) is 1.33. The van der Waals surface area contributed by atoms with E-state index in [2.05, 4.69) is 19.4 Å². The maximum absolute atomic E-state index is 13.0. The van der Waals surface area contributed by atoms with Gasteiger partial charge in [0, 0.05) is 13.1 Å². The number of aryl methyl sites for hydroxylation is 1. The fourth-order valence-corrected chi connectivity index (χ4v) is 5.64. The highest BCUT2D eigenvalue weighted by Gasteiger charge is 2.31. The zero-order chi connectivity index (χ0) is 23.6. The van der Waals surface area contributed by atoms with Gasteiger partial charge < -0.3 is 24.9 Å². The van der Waals surface area contributed by atoms with Crippen molar-refractivity contribution in [3.05, 3.63) is 41.9 Å². The van der Waals surface area contributed by atoms with Gasteiger partial charge in [-0.05, 0) is 37.6 Å². The Hall–Kier alpha value is -2.74. The molecule has 1 aromatic heterocycles. The third-order valence-corrected chi connectivity index (χ3v) is 7.83. The molecule has 0 bridgehead atoms. The van der Waals surface area contributed by atoms with Crippen LogP contribution in [0.4, 0.5) is 5.69 Å². The van der Waals surface area contributed by atoms with E-state index < -0.39 is 26.9 Å². The number of phenols is 1. The van der Waals surface area contributed by atoms with Crippen molar-refractivity contribution in [2.45, 2.75) is 31.2 Å². The first-order valence-corrected chi connectivity index (χ1v) is 12.9.